The predicted octanol–water partition coefficient (Wildman–Crippen LogP) is 2.22. The minimum atomic E-state index is -0.175. The van der Waals surface area contributed by atoms with E-state index >= 15 is 0 Å². The number of ether oxygens (including phenoxy) is 1. The summed E-state index contributed by atoms with van der Waals surface area (Å²) in [5.41, 5.74) is 1.32. The van der Waals surface area contributed by atoms with Crippen molar-refractivity contribution in [3.8, 4) is 0 Å². The van der Waals surface area contributed by atoms with Gasteiger partial charge in [-0.2, -0.15) is 0 Å². The minimum Gasteiger partial charge on any atom is -0.450 e. The van der Waals surface area contributed by atoms with Crippen molar-refractivity contribution in [3.05, 3.63) is 24.0 Å². The van der Waals surface area contributed by atoms with Gasteiger partial charge in [0.1, 0.15) is 0 Å². The Morgan fingerprint density at radius 1 is 1.40 bits per heavy atom. The molecular weight excluding hydrogens is 254 g/mol. The lowest BCUT2D eigenvalue weighted by atomic mass is 10.1. The van der Waals surface area contributed by atoms with Gasteiger partial charge < -0.3 is 19.5 Å². The second-order valence-electron chi connectivity index (χ2n) is 5.19. The fourth-order valence-corrected chi connectivity index (χ4v) is 2.53. The van der Waals surface area contributed by atoms with E-state index in [0.29, 0.717) is 12.6 Å². The Morgan fingerprint density at radius 3 is 2.75 bits per heavy atom. The molecule has 1 N–H and O–H groups in total. The summed E-state index contributed by atoms with van der Waals surface area (Å²) in [6, 6.07) is 2.65. The van der Waals surface area contributed by atoms with E-state index in [1.54, 1.807) is 4.90 Å². The Balaban J connectivity index is 1.70. The molecule has 1 aromatic heterocycles. The molecule has 0 aromatic carbocycles. The van der Waals surface area contributed by atoms with Gasteiger partial charge in [0.2, 0.25) is 0 Å². The van der Waals surface area contributed by atoms with Gasteiger partial charge in [0, 0.05) is 44.6 Å². The molecule has 0 saturated carbocycles. The quantitative estimate of drug-likeness (QED) is 0.899. The average Bonchev–Trinajstić information content (AvgIpc) is 2.94. The molecule has 20 heavy (non-hydrogen) atoms. The number of carbonyl (C=O) groups excluding carboxylic acids is 1. The van der Waals surface area contributed by atoms with Crippen molar-refractivity contribution < 1.29 is 9.53 Å². The van der Waals surface area contributed by atoms with Crippen molar-refractivity contribution in [3.63, 3.8) is 0 Å². The molecule has 1 saturated heterocycles. The van der Waals surface area contributed by atoms with Gasteiger partial charge in [0.25, 0.3) is 0 Å². The van der Waals surface area contributed by atoms with Crippen LogP contribution in [0.15, 0.2) is 18.5 Å². The lowest BCUT2D eigenvalue weighted by molar-refractivity contribution is 0.0950. The van der Waals surface area contributed by atoms with Crippen LogP contribution in [0.3, 0.4) is 0 Å². The van der Waals surface area contributed by atoms with Gasteiger partial charge in [-0.1, -0.05) is 0 Å². The van der Waals surface area contributed by atoms with Crippen LogP contribution in [0.5, 0.6) is 0 Å². The zero-order valence-electron chi connectivity index (χ0n) is 12.5. The van der Waals surface area contributed by atoms with Crippen LogP contribution in [0.25, 0.3) is 0 Å². The van der Waals surface area contributed by atoms with Gasteiger partial charge in [-0.25, -0.2) is 4.79 Å². The molecule has 0 bridgehead atoms. The normalized spacial score (nSPS) is 16.4. The van der Waals surface area contributed by atoms with Gasteiger partial charge in [-0.3, -0.25) is 0 Å². The first kappa shape index (κ1) is 14.9. The number of piperidine rings is 1. The van der Waals surface area contributed by atoms with E-state index in [-0.39, 0.29) is 6.09 Å². The molecule has 0 spiro atoms. The number of carbonyl (C=O) groups is 1. The fourth-order valence-electron chi connectivity index (χ4n) is 2.53. The van der Waals surface area contributed by atoms with Crippen LogP contribution < -0.4 is 5.32 Å². The lowest BCUT2D eigenvalue weighted by Crippen LogP contribution is -2.44. The summed E-state index contributed by atoms with van der Waals surface area (Å²) in [5.74, 6) is 0. The number of nitrogens with zero attached hydrogens (tertiary/aromatic N) is 2. The first-order chi connectivity index (χ1) is 9.72. The summed E-state index contributed by atoms with van der Waals surface area (Å²) in [5, 5.41) is 3.57. The number of aromatic nitrogens is 1. The Morgan fingerprint density at radius 2 is 2.15 bits per heavy atom. The summed E-state index contributed by atoms with van der Waals surface area (Å²) >= 11 is 0. The van der Waals surface area contributed by atoms with Crippen LogP contribution in [0, 0.1) is 0 Å². The zero-order valence-corrected chi connectivity index (χ0v) is 12.5. The summed E-state index contributed by atoms with van der Waals surface area (Å²) in [7, 11) is 0. The van der Waals surface area contributed by atoms with Crippen molar-refractivity contribution in [2.24, 2.45) is 0 Å². The van der Waals surface area contributed by atoms with E-state index in [2.05, 4.69) is 35.3 Å². The summed E-state index contributed by atoms with van der Waals surface area (Å²) in [4.78, 5) is 13.4. The van der Waals surface area contributed by atoms with Gasteiger partial charge >= 0.3 is 6.09 Å². The Bertz CT molecular complexity index is 423. The Labute approximate surface area is 120 Å². The molecule has 0 unspecified atom stereocenters. The Hall–Kier alpha value is -1.49. The number of likely N-dealkylation sites (tertiary alicyclic amines) is 1. The van der Waals surface area contributed by atoms with Gasteiger partial charge in [0.05, 0.1) is 6.61 Å². The number of hydrogen-bond donors (Lipinski definition) is 1. The van der Waals surface area contributed by atoms with E-state index in [0.717, 1.165) is 39.0 Å². The summed E-state index contributed by atoms with van der Waals surface area (Å²) < 4.78 is 7.21. The van der Waals surface area contributed by atoms with Crippen LogP contribution in [-0.2, 0) is 17.8 Å². The molecule has 1 aliphatic heterocycles. The van der Waals surface area contributed by atoms with E-state index < -0.39 is 0 Å². The van der Waals surface area contributed by atoms with E-state index in [4.69, 9.17) is 4.74 Å². The largest absolute Gasteiger partial charge is 0.450 e. The fraction of sp³-hybridized carbons (Fsp3) is 0.667. The standard InChI is InChI=1S/C15H25N3O2/c1-3-17-8-5-13(12-17)11-16-14-6-9-18(10-7-14)15(19)20-4-2/h5,8,12,14,16H,3-4,6-7,9-11H2,1-2H3. The molecule has 2 rings (SSSR count). The SMILES string of the molecule is CCOC(=O)N1CCC(NCc2ccn(CC)c2)CC1. The zero-order chi connectivity index (χ0) is 14.4. The molecule has 5 nitrogen and oxygen atoms in total. The molecule has 2 heterocycles. The van der Waals surface area contributed by atoms with Crippen molar-refractivity contribution in [1.29, 1.82) is 0 Å². The van der Waals surface area contributed by atoms with Gasteiger partial charge in [0.15, 0.2) is 0 Å². The first-order valence-corrected chi connectivity index (χ1v) is 7.52. The molecule has 1 fully saturated rings. The maximum Gasteiger partial charge on any atom is 0.409 e. The maximum atomic E-state index is 11.6. The highest BCUT2D eigenvalue weighted by Crippen LogP contribution is 2.12. The van der Waals surface area contributed by atoms with Crippen LogP contribution in [0.2, 0.25) is 0 Å². The third kappa shape index (κ3) is 4.00. The molecule has 1 amide bonds. The molecule has 0 aliphatic carbocycles. The Kier molecular flexibility index (Phi) is 5.47. The molecule has 0 atom stereocenters. The molecule has 1 aromatic rings. The predicted molar refractivity (Wildman–Crippen MR) is 78.6 cm³/mol. The van der Waals surface area contributed by atoms with Crippen molar-refractivity contribution in [1.82, 2.24) is 14.8 Å². The monoisotopic (exact) mass is 279 g/mol. The van der Waals surface area contributed by atoms with E-state index in [1.165, 1.54) is 5.56 Å². The molecular formula is C15H25N3O2. The first-order valence-electron chi connectivity index (χ1n) is 7.52. The van der Waals surface area contributed by atoms with Crippen molar-refractivity contribution >= 4 is 6.09 Å². The van der Waals surface area contributed by atoms with Crippen LogP contribution in [0.1, 0.15) is 32.3 Å². The molecule has 0 radical (unpaired) electrons. The average molecular weight is 279 g/mol. The van der Waals surface area contributed by atoms with Gasteiger partial charge in [-0.15, -0.1) is 0 Å². The van der Waals surface area contributed by atoms with Crippen LogP contribution >= 0.6 is 0 Å². The van der Waals surface area contributed by atoms with E-state index in [1.807, 2.05) is 6.92 Å². The van der Waals surface area contributed by atoms with Crippen molar-refractivity contribution in [2.45, 2.75) is 45.8 Å². The second kappa shape index (κ2) is 7.33. The third-order valence-corrected chi connectivity index (χ3v) is 3.79. The third-order valence-electron chi connectivity index (χ3n) is 3.79. The number of hydrogen-bond acceptors (Lipinski definition) is 3. The number of amides is 1. The maximum absolute atomic E-state index is 11.6. The smallest absolute Gasteiger partial charge is 0.409 e. The second-order valence-corrected chi connectivity index (χ2v) is 5.19. The highest BCUT2D eigenvalue weighted by molar-refractivity contribution is 5.67. The molecule has 5 heteroatoms. The number of nitrogens with one attached hydrogen (secondary N) is 1. The summed E-state index contributed by atoms with van der Waals surface area (Å²) in [6.45, 7) is 7.91. The van der Waals surface area contributed by atoms with Gasteiger partial charge in [-0.05, 0) is 38.3 Å². The van der Waals surface area contributed by atoms with Crippen LogP contribution in [0.4, 0.5) is 4.79 Å². The number of rotatable bonds is 5. The summed E-state index contributed by atoms with van der Waals surface area (Å²) in [6.07, 6.45) is 6.10. The molecule has 1 aliphatic rings. The number of aryl methyl sites for hydroxylation is 1. The molecule has 112 valence electrons. The lowest BCUT2D eigenvalue weighted by Gasteiger charge is -2.31. The highest BCUT2D eigenvalue weighted by Gasteiger charge is 2.23. The minimum absolute atomic E-state index is 0.175. The van der Waals surface area contributed by atoms with E-state index in [9.17, 15) is 4.79 Å². The topological polar surface area (TPSA) is 46.5 Å². The van der Waals surface area contributed by atoms with Crippen molar-refractivity contribution in [2.75, 3.05) is 19.7 Å². The van der Waals surface area contributed by atoms with Crippen LogP contribution in [-0.4, -0.2) is 41.3 Å². The highest BCUT2D eigenvalue weighted by atomic mass is 16.6.